The Balaban J connectivity index is 0.00000264. The molecule has 0 aromatic heterocycles. The van der Waals surface area contributed by atoms with Crippen LogP contribution in [0.3, 0.4) is 0 Å². The molecule has 1 aliphatic rings. The van der Waals surface area contributed by atoms with Gasteiger partial charge in [0.15, 0.2) is 11.6 Å². The molecule has 0 saturated heterocycles. The first-order valence-corrected chi connectivity index (χ1v) is 7.88. The minimum atomic E-state index is -0.373. The van der Waals surface area contributed by atoms with E-state index in [-0.39, 0.29) is 41.8 Å². The van der Waals surface area contributed by atoms with Gasteiger partial charge in [-0.2, -0.15) is 0 Å². The highest BCUT2D eigenvalue weighted by Gasteiger charge is 2.23. The molecule has 130 valence electrons. The molecule has 2 rings (SSSR count). The molecule has 1 aliphatic carbocycles. The lowest BCUT2D eigenvalue weighted by atomic mass is 10.1. The third-order valence-corrected chi connectivity index (χ3v) is 3.94. The molecule has 1 fully saturated rings. The van der Waals surface area contributed by atoms with Gasteiger partial charge in [0, 0.05) is 12.5 Å². The molecule has 6 heteroatoms. The lowest BCUT2D eigenvalue weighted by molar-refractivity contribution is -0.125. The summed E-state index contributed by atoms with van der Waals surface area (Å²) >= 11 is 0. The largest absolute Gasteiger partial charge is 0.490 e. The van der Waals surface area contributed by atoms with Crippen LogP contribution in [0.25, 0.3) is 0 Å². The Labute approximate surface area is 143 Å². The number of carbonyl (C=O) groups is 1. The monoisotopic (exact) mass is 344 g/mol. The molecule has 0 bridgehead atoms. The fourth-order valence-electron chi connectivity index (χ4n) is 2.23. The molecule has 4 nitrogen and oxygen atoms in total. The van der Waals surface area contributed by atoms with Crippen molar-refractivity contribution < 1.29 is 13.9 Å². The van der Waals surface area contributed by atoms with Crippen LogP contribution < -0.4 is 15.4 Å². The van der Waals surface area contributed by atoms with Crippen LogP contribution in [0.5, 0.6) is 5.75 Å². The molecular weight excluding hydrogens is 319 g/mol. The number of hydrogen-bond acceptors (Lipinski definition) is 3. The van der Waals surface area contributed by atoms with Gasteiger partial charge in [0.2, 0.25) is 5.91 Å². The van der Waals surface area contributed by atoms with Gasteiger partial charge in [0.1, 0.15) is 0 Å². The Bertz CT molecular complexity index is 523. The predicted molar refractivity (Wildman–Crippen MR) is 91.5 cm³/mol. The number of hydrogen-bond donors (Lipinski definition) is 2. The second-order valence-corrected chi connectivity index (χ2v) is 6.13. The molecule has 2 N–H and O–H groups in total. The van der Waals surface area contributed by atoms with Crippen molar-refractivity contribution >= 4 is 18.3 Å². The van der Waals surface area contributed by atoms with E-state index in [1.165, 1.54) is 18.9 Å². The van der Waals surface area contributed by atoms with Crippen molar-refractivity contribution in [2.45, 2.75) is 32.7 Å². The summed E-state index contributed by atoms with van der Waals surface area (Å²) < 4.78 is 19.5. The van der Waals surface area contributed by atoms with E-state index in [9.17, 15) is 9.18 Å². The topological polar surface area (TPSA) is 50.4 Å². The molecule has 23 heavy (non-hydrogen) atoms. The number of carbonyl (C=O) groups excluding carboxylic acids is 1. The zero-order valence-corrected chi connectivity index (χ0v) is 14.7. The van der Waals surface area contributed by atoms with Gasteiger partial charge in [-0.3, -0.25) is 4.79 Å². The molecule has 2 unspecified atom stereocenters. The molecule has 1 aromatic carbocycles. The minimum Gasteiger partial charge on any atom is -0.490 e. The van der Waals surface area contributed by atoms with E-state index in [4.69, 9.17) is 4.74 Å². The summed E-state index contributed by atoms with van der Waals surface area (Å²) in [5.41, 5.74) is 0.737. The summed E-state index contributed by atoms with van der Waals surface area (Å²) in [6.45, 7) is 4.91. The van der Waals surface area contributed by atoms with Gasteiger partial charge in [0.05, 0.1) is 12.6 Å². The molecule has 0 heterocycles. The maximum absolute atomic E-state index is 14.1. The zero-order chi connectivity index (χ0) is 16.1. The summed E-state index contributed by atoms with van der Waals surface area (Å²) in [5, 5.41) is 5.87. The Morgan fingerprint density at radius 3 is 2.65 bits per heavy atom. The quantitative estimate of drug-likeness (QED) is 0.762. The molecule has 1 saturated carbocycles. The maximum atomic E-state index is 14.1. The second-order valence-electron chi connectivity index (χ2n) is 6.13. The number of amides is 1. The molecule has 2 atom stereocenters. The van der Waals surface area contributed by atoms with Crippen LogP contribution in [0.2, 0.25) is 0 Å². The van der Waals surface area contributed by atoms with Gasteiger partial charge < -0.3 is 15.4 Å². The van der Waals surface area contributed by atoms with Crippen molar-refractivity contribution in [1.29, 1.82) is 0 Å². The van der Waals surface area contributed by atoms with Gasteiger partial charge in [-0.25, -0.2) is 4.39 Å². The molecule has 0 aliphatic heterocycles. The van der Waals surface area contributed by atoms with E-state index >= 15 is 0 Å². The van der Waals surface area contributed by atoms with Crippen LogP contribution in [0.15, 0.2) is 18.2 Å². The maximum Gasteiger partial charge on any atom is 0.224 e. The van der Waals surface area contributed by atoms with E-state index in [1.54, 1.807) is 12.1 Å². The van der Waals surface area contributed by atoms with E-state index in [0.717, 1.165) is 5.56 Å². The van der Waals surface area contributed by atoms with Crippen molar-refractivity contribution in [3.05, 3.63) is 29.6 Å². The minimum absolute atomic E-state index is 0. The first kappa shape index (κ1) is 19.7. The highest BCUT2D eigenvalue weighted by Crippen LogP contribution is 2.30. The number of halogens is 2. The molecule has 0 radical (unpaired) electrons. The number of rotatable bonds is 8. The zero-order valence-electron chi connectivity index (χ0n) is 13.9. The van der Waals surface area contributed by atoms with Crippen LogP contribution in [-0.2, 0) is 4.79 Å². The second kappa shape index (κ2) is 9.08. The van der Waals surface area contributed by atoms with Gasteiger partial charge >= 0.3 is 0 Å². The van der Waals surface area contributed by atoms with Crippen molar-refractivity contribution in [1.82, 2.24) is 10.6 Å². The normalized spacial score (nSPS) is 16.2. The third kappa shape index (κ3) is 5.99. The number of benzene rings is 1. The van der Waals surface area contributed by atoms with Crippen LogP contribution in [0, 0.1) is 17.7 Å². The predicted octanol–water partition coefficient (Wildman–Crippen LogP) is 3.07. The highest BCUT2D eigenvalue weighted by atomic mass is 35.5. The number of ether oxygens (including phenoxy) is 1. The molecular formula is C17H26ClFN2O2. The van der Waals surface area contributed by atoms with Gasteiger partial charge in [-0.1, -0.05) is 13.0 Å². The molecule has 1 amide bonds. The van der Waals surface area contributed by atoms with E-state index in [2.05, 4.69) is 10.6 Å². The lowest BCUT2D eigenvalue weighted by Crippen LogP contribution is -2.35. The summed E-state index contributed by atoms with van der Waals surface area (Å²) in [6.07, 6.45) is 2.35. The Morgan fingerprint density at radius 2 is 2.09 bits per heavy atom. The van der Waals surface area contributed by atoms with E-state index in [0.29, 0.717) is 19.1 Å². The first-order valence-electron chi connectivity index (χ1n) is 7.88. The standard InChI is InChI=1S/C17H25FN2O2.ClH/c1-11(9-19-3)17(21)20-12(2)14-6-7-16(15(18)8-14)22-10-13-4-5-13;/h6-8,11-13,19H,4-5,9-10H2,1-3H3,(H,20,21);1H. The van der Waals surface area contributed by atoms with Crippen molar-refractivity contribution in [3.63, 3.8) is 0 Å². The van der Waals surface area contributed by atoms with Crippen LogP contribution in [0.1, 0.15) is 38.3 Å². The summed E-state index contributed by atoms with van der Waals surface area (Å²) in [5.74, 6) is 0.334. The van der Waals surface area contributed by atoms with E-state index in [1.807, 2.05) is 20.9 Å². The highest BCUT2D eigenvalue weighted by molar-refractivity contribution is 5.85. The van der Waals surface area contributed by atoms with Gasteiger partial charge in [-0.05, 0) is 50.4 Å². The van der Waals surface area contributed by atoms with Crippen molar-refractivity contribution in [3.8, 4) is 5.75 Å². The molecule has 1 aromatic rings. The van der Waals surface area contributed by atoms with Crippen molar-refractivity contribution in [2.24, 2.45) is 11.8 Å². The van der Waals surface area contributed by atoms with Gasteiger partial charge in [-0.15, -0.1) is 12.4 Å². The fraction of sp³-hybridized carbons (Fsp3) is 0.588. The molecule has 0 spiro atoms. The SMILES string of the molecule is CNCC(C)C(=O)NC(C)c1ccc(OCC2CC2)c(F)c1.Cl. The fourth-order valence-corrected chi connectivity index (χ4v) is 2.23. The number of nitrogens with one attached hydrogen (secondary N) is 2. The Morgan fingerprint density at radius 1 is 1.39 bits per heavy atom. The average molecular weight is 345 g/mol. The summed E-state index contributed by atoms with van der Waals surface area (Å²) in [6, 6.07) is 4.65. The first-order chi connectivity index (χ1) is 10.5. The summed E-state index contributed by atoms with van der Waals surface area (Å²) in [4.78, 5) is 12.0. The third-order valence-electron chi connectivity index (χ3n) is 3.94. The lowest BCUT2D eigenvalue weighted by Gasteiger charge is -2.18. The Hall–Kier alpha value is -1.33. The van der Waals surface area contributed by atoms with Crippen molar-refractivity contribution in [2.75, 3.05) is 20.2 Å². The van der Waals surface area contributed by atoms with Crippen LogP contribution >= 0.6 is 12.4 Å². The van der Waals surface area contributed by atoms with E-state index < -0.39 is 0 Å². The average Bonchev–Trinajstić information content (AvgIpc) is 3.30. The summed E-state index contributed by atoms with van der Waals surface area (Å²) in [7, 11) is 1.81. The van der Waals surface area contributed by atoms with Gasteiger partial charge in [0.25, 0.3) is 0 Å². The Kier molecular flexibility index (Phi) is 7.79. The van der Waals surface area contributed by atoms with Crippen LogP contribution in [-0.4, -0.2) is 26.1 Å². The van der Waals surface area contributed by atoms with Crippen LogP contribution in [0.4, 0.5) is 4.39 Å². The smallest absolute Gasteiger partial charge is 0.224 e.